The van der Waals surface area contributed by atoms with Crippen molar-refractivity contribution in [2.45, 2.75) is 50.9 Å². The zero-order valence-corrected chi connectivity index (χ0v) is 9.11. The molecular formula is C11H22N2O. The minimum Gasteiger partial charge on any atom is -0.372 e. The number of hydrogen-bond donors (Lipinski definition) is 1. The van der Waals surface area contributed by atoms with Gasteiger partial charge in [-0.2, -0.15) is 0 Å². The summed E-state index contributed by atoms with van der Waals surface area (Å²) in [4.78, 5) is 2.56. The van der Waals surface area contributed by atoms with Gasteiger partial charge in [0.25, 0.3) is 0 Å². The van der Waals surface area contributed by atoms with E-state index < -0.39 is 0 Å². The predicted molar refractivity (Wildman–Crippen MR) is 57.2 cm³/mol. The molecule has 0 aromatic carbocycles. The molecule has 3 heteroatoms. The molecule has 1 aliphatic heterocycles. The van der Waals surface area contributed by atoms with Gasteiger partial charge in [-0.3, -0.25) is 4.90 Å². The van der Waals surface area contributed by atoms with E-state index in [1.165, 1.54) is 19.3 Å². The fourth-order valence-corrected chi connectivity index (χ4v) is 2.33. The maximum Gasteiger partial charge on any atom is 0.0707 e. The van der Waals surface area contributed by atoms with Gasteiger partial charge in [0.15, 0.2) is 0 Å². The molecule has 2 fully saturated rings. The molecule has 0 amide bonds. The number of rotatable bonds is 5. The summed E-state index contributed by atoms with van der Waals surface area (Å²) in [6, 6.07) is 0.862. The molecule has 2 unspecified atom stereocenters. The molecule has 82 valence electrons. The van der Waals surface area contributed by atoms with E-state index >= 15 is 0 Å². The summed E-state index contributed by atoms with van der Waals surface area (Å²) in [5.41, 5.74) is 5.59. The second-order valence-electron chi connectivity index (χ2n) is 4.51. The Morgan fingerprint density at radius 1 is 1.21 bits per heavy atom. The molecule has 2 N–H and O–H groups in total. The number of hydrogen-bond acceptors (Lipinski definition) is 3. The first-order chi connectivity index (χ1) is 6.83. The Labute approximate surface area is 86.6 Å². The molecule has 1 aliphatic carbocycles. The van der Waals surface area contributed by atoms with Crippen molar-refractivity contribution in [1.82, 2.24) is 4.90 Å². The highest BCUT2D eigenvalue weighted by Crippen LogP contribution is 2.28. The van der Waals surface area contributed by atoms with Crippen LogP contribution in [-0.2, 0) is 4.74 Å². The van der Waals surface area contributed by atoms with Crippen LogP contribution >= 0.6 is 0 Å². The molecular weight excluding hydrogens is 176 g/mol. The van der Waals surface area contributed by atoms with Crippen LogP contribution in [-0.4, -0.2) is 42.8 Å². The molecule has 1 saturated heterocycles. The fourth-order valence-electron chi connectivity index (χ4n) is 2.33. The van der Waals surface area contributed by atoms with Gasteiger partial charge in [-0.25, -0.2) is 0 Å². The van der Waals surface area contributed by atoms with Gasteiger partial charge in [0, 0.05) is 19.1 Å². The van der Waals surface area contributed by atoms with Crippen LogP contribution in [0, 0.1) is 0 Å². The maximum atomic E-state index is 5.85. The van der Waals surface area contributed by atoms with E-state index in [0.717, 1.165) is 25.6 Å². The van der Waals surface area contributed by atoms with Crippen molar-refractivity contribution < 1.29 is 4.74 Å². The van der Waals surface area contributed by atoms with Gasteiger partial charge in [0.2, 0.25) is 0 Å². The molecule has 3 nitrogen and oxygen atoms in total. The van der Waals surface area contributed by atoms with Crippen molar-refractivity contribution in [2.24, 2.45) is 5.73 Å². The Hall–Kier alpha value is -0.120. The first kappa shape index (κ1) is 10.4. The standard InChI is InChI=1S/C11H22N2O/c1-2-13(9-3-4-9)8-11-6-5-10(7-12)14-11/h9-11H,2-8,12H2,1H3. The normalized spacial score (nSPS) is 32.8. The van der Waals surface area contributed by atoms with Crippen molar-refractivity contribution in [3.8, 4) is 0 Å². The van der Waals surface area contributed by atoms with E-state index in [4.69, 9.17) is 10.5 Å². The third-order valence-electron chi connectivity index (χ3n) is 3.37. The summed E-state index contributed by atoms with van der Waals surface area (Å²) >= 11 is 0. The second kappa shape index (κ2) is 4.60. The number of likely N-dealkylation sites (N-methyl/N-ethyl adjacent to an activating group) is 1. The van der Waals surface area contributed by atoms with Crippen molar-refractivity contribution in [2.75, 3.05) is 19.6 Å². The zero-order valence-electron chi connectivity index (χ0n) is 9.11. The maximum absolute atomic E-state index is 5.85. The van der Waals surface area contributed by atoms with E-state index in [1.54, 1.807) is 0 Å². The van der Waals surface area contributed by atoms with Gasteiger partial charge in [-0.15, -0.1) is 0 Å². The molecule has 14 heavy (non-hydrogen) atoms. The Morgan fingerprint density at radius 2 is 1.93 bits per heavy atom. The second-order valence-corrected chi connectivity index (χ2v) is 4.51. The number of ether oxygens (including phenoxy) is 1. The largest absolute Gasteiger partial charge is 0.372 e. The van der Waals surface area contributed by atoms with Gasteiger partial charge >= 0.3 is 0 Å². The third-order valence-corrected chi connectivity index (χ3v) is 3.37. The highest BCUT2D eigenvalue weighted by molar-refractivity contribution is 4.86. The van der Waals surface area contributed by atoms with Crippen molar-refractivity contribution in [3.63, 3.8) is 0 Å². The highest BCUT2D eigenvalue weighted by Gasteiger charge is 2.32. The van der Waals surface area contributed by atoms with Crippen LogP contribution in [0.5, 0.6) is 0 Å². The average Bonchev–Trinajstić information content (AvgIpc) is 2.95. The monoisotopic (exact) mass is 198 g/mol. The lowest BCUT2D eigenvalue weighted by Gasteiger charge is -2.23. The molecule has 1 heterocycles. The molecule has 0 aromatic heterocycles. The van der Waals surface area contributed by atoms with Gasteiger partial charge in [0.1, 0.15) is 0 Å². The summed E-state index contributed by atoms with van der Waals surface area (Å²) in [6.07, 6.45) is 5.91. The summed E-state index contributed by atoms with van der Waals surface area (Å²) in [5.74, 6) is 0. The summed E-state index contributed by atoms with van der Waals surface area (Å²) in [7, 11) is 0. The van der Waals surface area contributed by atoms with Crippen LogP contribution in [0.3, 0.4) is 0 Å². The summed E-state index contributed by atoms with van der Waals surface area (Å²) in [6.45, 7) is 5.22. The number of nitrogens with zero attached hydrogens (tertiary/aromatic N) is 1. The van der Waals surface area contributed by atoms with E-state index in [0.29, 0.717) is 18.8 Å². The van der Waals surface area contributed by atoms with Crippen molar-refractivity contribution in [3.05, 3.63) is 0 Å². The van der Waals surface area contributed by atoms with Crippen LogP contribution in [0.25, 0.3) is 0 Å². The first-order valence-electron chi connectivity index (χ1n) is 5.93. The Bertz CT molecular complexity index is 182. The van der Waals surface area contributed by atoms with E-state index in [-0.39, 0.29) is 0 Å². The van der Waals surface area contributed by atoms with Gasteiger partial charge in [-0.05, 0) is 32.2 Å². The Morgan fingerprint density at radius 3 is 2.43 bits per heavy atom. The minimum atomic E-state index is 0.331. The lowest BCUT2D eigenvalue weighted by molar-refractivity contribution is 0.0264. The zero-order chi connectivity index (χ0) is 9.97. The van der Waals surface area contributed by atoms with E-state index in [1.807, 2.05) is 0 Å². The van der Waals surface area contributed by atoms with Crippen LogP contribution < -0.4 is 5.73 Å². The minimum absolute atomic E-state index is 0.331. The lowest BCUT2D eigenvalue weighted by atomic mass is 10.2. The van der Waals surface area contributed by atoms with Crippen LogP contribution in [0.1, 0.15) is 32.6 Å². The fraction of sp³-hybridized carbons (Fsp3) is 1.00. The Balaban J connectivity index is 1.73. The predicted octanol–water partition coefficient (Wildman–Crippen LogP) is 0.977. The van der Waals surface area contributed by atoms with Crippen LogP contribution in [0.2, 0.25) is 0 Å². The lowest BCUT2D eigenvalue weighted by Crippen LogP contribution is -2.34. The SMILES string of the molecule is CCN(CC1CCC(CN)O1)C1CC1. The van der Waals surface area contributed by atoms with Crippen molar-refractivity contribution in [1.29, 1.82) is 0 Å². The molecule has 2 atom stereocenters. The van der Waals surface area contributed by atoms with Gasteiger partial charge in [-0.1, -0.05) is 6.92 Å². The summed E-state index contributed by atoms with van der Waals surface area (Å²) < 4.78 is 5.85. The summed E-state index contributed by atoms with van der Waals surface area (Å²) in [5, 5.41) is 0. The molecule has 0 aromatic rings. The molecule has 1 saturated carbocycles. The number of nitrogens with two attached hydrogens (primary N) is 1. The quantitative estimate of drug-likeness (QED) is 0.715. The molecule has 2 aliphatic rings. The molecule has 0 spiro atoms. The average molecular weight is 198 g/mol. The van der Waals surface area contributed by atoms with Gasteiger partial charge in [0.05, 0.1) is 12.2 Å². The third kappa shape index (κ3) is 2.47. The molecule has 2 rings (SSSR count). The smallest absolute Gasteiger partial charge is 0.0707 e. The van der Waals surface area contributed by atoms with E-state index in [9.17, 15) is 0 Å². The highest BCUT2D eigenvalue weighted by atomic mass is 16.5. The van der Waals surface area contributed by atoms with Gasteiger partial charge < -0.3 is 10.5 Å². The van der Waals surface area contributed by atoms with Crippen LogP contribution in [0.15, 0.2) is 0 Å². The topological polar surface area (TPSA) is 38.5 Å². The molecule has 0 bridgehead atoms. The Kier molecular flexibility index (Phi) is 3.42. The van der Waals surface area contributed by atoms with Crippen molar-refractivity contribution >= 4 is 0 Å². The van der Waals surface area contributed by atoms with E-state index in [2.05, 4.69) is 11.8 Å². The molecule has 0 radical (unpaired) electrons. The first-order valence-corrected chi connectivity index (χ1v) is 5.93. The van der Waals surface area contributed by atoms with Crippen LogP contribution in [0.4, 0.5) is 0 Å².